The van der Waals surface area contributed by atoms with Crippen molar-refractivity contribution in [2.45, 2.75) is 37.8 Å². The number of rotatable bonds is 7. The quantitative estimate of drug-likeness (QED) is 0.438. The van der Waals surface area contributed by atoms with Crippen LogP contribution in [0.25, 0.3) is 5.69 Å². The third-order valence-corrected chi connectivity index (χ3v) is 5.42. The van der Waals surface area contributed by atoms with Crippen LogP contribution in [-0.4, -0.2) is 44.8 Å². The number of nitrogens with zero attached hydrogens (tertiary/aromatic N) is 4. The molecule has 1 amide bonds. The fourth-order valence-electron chi connectivity index (χ4n) is 3.77. The highest BCUT2D eigenvalue weighted by molar-refractivity contribution is 5.98. The van der Waals surface area contributed by atoms with Gasteiger partial charge in [-0.05, 0) is 31.0 Å². The highest BCUT2D eigenvalue weighted by atomic mass is 19.1. The van der Waals surface area contributed by atoms with Crippen molar-refractivity contribution < 1.29 is 13.9 Å². The molecular formula is C21H25FN8O2. The Bertz CT molecular complexity index is 1110. The van der Waals surface area contributed by atoms with E-state index in [0.717, 1.165) is 31.7 Å². The van der Waals surface area contributed by atoms with Crippen LogP contribution in [0.15, 0.2) is 36.8 Å². The molecule has 2 atom stereocenters. The van der Waals surface area contributed by atoms with Crippen molar-refractivity contribution in [1.29, 1.82) is 0 Å². The molecule has 6 N–H and O–H groups in total. The maximum atomic E-state index is 14.7. The summed E-state index contributed by atoms with van der Waals surface area (Å²) in [5, 5.41) is 10.3. The van der Waals surface area contributed by atoms with Gasteiger partial charge in [0.2, 0.25) is 5.88 Å². The average Bonchev–Trinajstić information content (AvgIpc) is 3.32. The van der Waals surface area contributed by atoms with Gasteiger partial charge in [0.1, 0.15) is 11.5 Å². The third-order valence-electron chi connectivity index (χ3n) is 5.42. The lowest BCUT2D eigenvalue weighted by Crippen LogP contribution is -2.43. The van der Waals surface area contributed by atoms with Gasteiger partial charge in [0, 0.05) is 24.5 Å². The lowest BCUT2D eigenvalue weighted by molar-refractivity contribution is 0.100. The summed E-state index contributed by atoms with van der Waals surface area (Å²) in [7, 11) is 1.50. The number of nitrogens with one attached hydrogen (secondary N) is 2. The van der Waals surface area contributed by atoms with E-state index >= 15 is 0 Å². The molecule has 1 fully saturated rings. The van der Waals surface area contributed by atoms with Crippen LogP contribution >= 0.6 is 0 Å². The molecule has 10 nitrogen and oxygen atoms in total. The third kappa shape index (κ3) is 4.47. The largest absolute Gasteiger partial charge is 0.479 e. The second-order valence-electron chi connectivity index (χ2n) is 7.61. The van der Waals surface area contributed by atoms with Crippen molar-refractivity contribution in [3.8, 4) is 11.6 Å². The summed E-state index contributed by atoms with van der Waals surface area (Å²) in [4.78, 5) is 20.5. The minimum absolute atomic E-state index is 0.00798. The summed E-state index contributed by atoms with van der Waals surface area (Å²) < 4.78 is 21.6. The number of anilines is 3. The number of pyridine rings is 2. The predicted molar refractivity (Wildman–Crippen MR) is 118 cm³/mol. The molecule has 3 heterocycles. The molecule has 1 saturated carbocycles. The Hall–Kier alpha value is -3.73. The van der Waals surface area contributed by atoms with Crippen LogP contribution in [-0.2, 0) is 0 Å². The zero-order valence-corrected chi connectivity index (χ0v) is 17.6. The van der Waals surface area contributed by atoms with Gasteiger partial charge < -0.3 is 26.8 Å². The Morgan fingerprint density at radius 3 is 2.78 bits per heavy atom. The molecule has 3 aromatic heterocycles. The topological polar surface area (TPSA) is 146 Å². The number of hydrogen-bond acceptors (Lipinski definition) is 8. The molecule has 1 aliphatic carbocycles. The van der Waals surface area contributed by atoms with Gasteiger partial charge in [-0.15, -0.1) is 0 Å². The molecule has 0 saturated heterocycles. The monoisotopic (exact) mass is 440 g/mol. The minimum Gasteiger partial charge on any atom is -0.479 e. The number of carbonyl (C=O) groups excluding carboxylic acids is 1. The Labute approximate surface area is 184 Å². The van der Waals surface area contributed by atoms with Crippen molar-refractivity contribution in [2.75, 3.05) is 17.7 Å². The van der Waals surface area contributed by atoms with Crippen molar-refractivity contribution in [2.24, 2.45) is 11.5 Å². The summed E-state index contributed by atoms with van der Waals surface area (Å²) in [5.41, 5.74) is 12.6. The van der Waals surface area contributed by atoms with Crippen LogP contribution in [0.3, 0.4) is 0 Å². The molecule has 32 heavy (non-hydrogen) atoms. The van der Waals surface area contributed by atoms with E-state index in [1.165, 1.54) is 13.3 Å². The van der Waals surface area contributed by atoms with E-state index in [2.05, 4.69) is 25.7 Å². The first kappa shape index (κ1) is 21.5. The summed E-state index contributed by atoms with van der Waals surface area (Å²) in [6, 6.07) is 4.35. The molecular weight excluding hydrogens is 415 g/mol. The summed E-state index contributed by atoms with van der Waals surface area (Å²) >= 11 is 0. The fourth-order valence-corrected chi connectivity index (χ4v) is 3.77. The molecule has 2 unspecified atom stereocenters. The van der Waals surface area contributed by atoms with E-state index in [1.807, 2.05) is 0 Å². The number of halogens is 1. The molecule has 0 aromatic carbocycles. The van der Waals surface area contributed by atoms with Gasteiger partial charge >= 0.3 is 0 Å². The van der Waals surface area contributed by atoms with Crippen LogP contribution in [0.2, 0.25) is 0 Å². The Morgan fingerprint density at radius 1 is 1.28 bits per heavy atom. The van der Waals surface area contributed by atoms with Gasteiger partial charge in [0.05, 0.1) is 24.6 Å². The van der Waals surface area contributed by atoms with Crippen molar-refractivity contribution in [1.82, 2.24) is 19.7 Å². The van der Waals surface area contributed by atoms with Crippen LogP contribution in [0.5, 0.6) is 5.88 Å². The lowest BCUT2D eigenvalue weighted by Gasteiger charge is -2.30. The molecule has 0 bridgehead atoms. The van der Waals surface area contributed by atoms with Gasteiger partial charge in [-0.3, -0.25) is 4.79 Å². The van der Waals surface area contributed by atoms with E-state index < -0.39 is 11.7 Å². The van der Waals surface area contributed by atoms with Gasteiger partial charge in [-0.1, -0.05) is 12.8 Å². The van der Waals surface area contributed by atoms with Crippen LogP contribution in [0, 0.1) is 5.82 Å². The number of ether oxygens (including phenoxy) is 1. The first-order valence-electron chi connectivity index (χ1n) is 10.3. The maximum Gasteiger partial charge on any atom is 0.252 e. The zero-order chi connectivity index (χ0) is 22.7. The lowest BCUT2D eigenvalue weighted by atomic mass is 9.91. The van der Waals surface area contributed by atoms with E-state index in [9.17, 15) is 9.18 Å². The molecule has 1 aliphatic rings. The molecule has 168 valence electrons. The molecule has 3 aromatic rings. The number of methoxy groups -OCH3 is 1. The number of carbonyl (C=O) groups is 1. The summed E-state index contributed by atoms with van der Waals surface area (Å²) in [6.07, 6.45) is 8.60. The highest BCUT2D eigenvalue weighted by Gasteiger charge is 2.24. The number of aromatic nitrogens is 4. The smallest absolute Gasteiger partial charge is 0.252 e. The number of nitrogens with two attached hydrogens (primary N) is 2. The van der Waals surface area contributed by atoms with E-state index in [1.54, 1.807) is 29.2 Å². The molecule has 4 rings (SSSR count). The fraction of sp³-hybridized carbons (Fsp3) is 0.333. The van der Waals surface area contributed by atoms with Crippen molar-refractivity contribution >= 4 is 23.2 Å². The van der Waals surface area contributed by atoms with Crippen LogP contribution in [0.4, 0.5) is 21.7 Å². The zero-order valence-electron chi connectivity index (χ0n) is 17.6. The maximum absolute atomic E-state index is 14.7. The Morgan fingerprint density at radius 2 is 2.09 bits per heavy atom. The standard InChI is InChI=1S/C21H25FN8O2/c1-32-21-17(30-8-4-7-26-30)9-12(11-25-21)27-19-13(18(24)31)10-14(22)20(29-19)28-16-6-3-2-5-15(16)23/h4,7-11,15-16H,2-3,5-6,23H2,1H3,(H2,24,31)(H2,27,28,29). The summed E-state index contributed by atoms with van der Waals surface area (Å²) in [6.45, 7) is 0. The predicted octanol–water partition coefficient (Wildman–Crippen LogP) is 2.33. The summed E-state index contributed by atoms with van der Waals surface area (Å²) in [5.74, 6) is -1.02. The van der Waals surface area contributed by atoms with Crippen LogP contribution in [0.1, 0.15) is 36.0 Å². The van der Waals surface area contributed by atoms with E-state index in [4.69, 9.17) is 16.2 Å². The molecule has 0 spiro atoms. The minimum atomic E-state index is -0.811. The normalized spacial score (nSPS) is 18.2. The number of amides is 1. The van der Waals surface area contributed by atoms with E-state index in [-0.39, 0.29) is 29.3 Å². The number of primary amides is 1. The van der Waals surface area contributed by atoms with Crippen molar-refractivity contribution in [3.63, 3.8) is 0 Å². The molecule has 0 radical (unpaired) electrons. The van der Waals surface area contributed by atoms with Gasteiger partial charge in [-0.2, -0.15) is 5.10 Å². The second kappa shape index (κ2) is 9.18. The SMILES string of the molecule is COc1ncc(Nc2nc(NC3CCCCC3N)c(F)cc2C(N)=O)cc1-n1cccn1. The second-order valence-corrected chi connectivity index (χ2v) is 7.61. The first-order chi connectivity index (χ1) is 15.5. The van der Waals surface area contributed by atoms with Gasteiger partial charge in [-0.25, -0.2) is 19.0 Å². The number of hydrogen-bond donors (Lipinski definition) is 4. The van der Waals surface area contributed by atoms with Gasteiger partial charge in [0.15, 0.2) is 11.6 Å². The first-order valence-corrected chi connectivity index (χ1v) is 10.3. The molecule has 0 aliphatic heterocycles. The Balaban J connectivity index is 1.68. The average molecular weight is 440 g/mol. The van der Waals surface area contributed by atoms with Crippen molar-refractivity contribution in [3.05, 3.63) is 48.2 Å². The molecule has 11 heteroatoms. The van der Waals surface area contributed by atoms with Crippen LogP contribution < -0.4 is 26.8 Å². The Kier molecular flexibility index (Phi) is 6.17. The highest BCUT2D eigenvalue weighted by Crippen LogP contribution is 2.29. The van der Waals surface area contributed by atoms with E-state index in [0.29, 0.717) is 17.3 Å². The van der Waals surface area contributed by atoms with Gasteiger partial charge in [0.25, 0.3) is 5.91 Å².